The first-order valence-electron chi connectivity index (χ1n) is 11.6. The van der Waals surface area contributed by atoms with E-state index < -0.39 is 0 Å². The Balaban J connectivity index is 1.40. The van der Waals surface area contributed by atoms with Crippen molar-refractivity contribution in [3.8, 4) is 5.69 Å². The van der Waals surface area contributed by atoms with Gasteiger partial charge in [0, 0.05) is 37.2 Å². The summed E-state index contributed by atoms with van der Waals surface area (Å²) in [6, 6.07) is 17.2. The summed E-state index contributed by atoms with van der Waals surface area (Å²) in [7, 11) is 0. The largest absolute Gasteiger partial charge is 0.359 e. The molecule has 3 heterocycles. The summed E-state index contributed by atoms with van der Waals surface area (Å²) in [5.41, 5.74) is 8.36. The molecule has 0 saturated carbocycles. The van der Waals surface area contributed by atoms with E-state index in [1.54, 1.807) is 0 Å². The average molecular weight is 429 g/mol. The number of amides is 2. The van der Waals surface area contributed by atoms with Crippen molar-refractivity contribution in [3.63, 3.8) is 0 Å². The van der Waals surface area contributed by atoms with Crippen LogP contribution in [0.5, 0.6) is 0 Å². The predicted molar refractivity (Wildman–Crippen MR) is 131 cm³/mol. The topological polar surface area (TPSA) is 40.5 Å². The maximum atomic E-state index is 13.0. The molecular weight excluding hydrogens is 396 g/mol. The van der Waals surface area contributed by atoms with Crippen LogP contribution in [0.15, 0.2) is 54.7 Å². The standard InChI is InChI=1S/C27H32N4O/c1-5-31-24-17-19(2)8-11-23(24)30-14-6-7-25(30)27(31)12-15-29(16-13-27)26(32)28-22-10-9-20(3)21(4)18-22/h6-11,14,17-18H,5,12-13,15-16H2,1-4H3,(H,28,32). The van der Waals surface area contributed by atoms with Gasteiger partial charge in [0.25, 0.3) is 0 Å². The predicted octanol–water partition coefficient (Wildman–Crippen LogP) is 5.77. The molecule has 0 atom stereocenters. The average Bonchev–Trinajstić information content (AvgIpc) is 3.28. The van der Waals surface area contributed by atoms with E-state index in [9.17, 15) is 4.79 Å². The summed E-state index contributed by atoms with van der Waals surface area (Å²) < 4.78 is 2.35. The minimum Gasteiger partial charge on any atom is -0.359 e. The number of anilines is 2. The normalized spacial score (nSPS) is 16.6. The Kier molecular flexibility index (Phi) is 5.00. The number of fused-ring (bicyclic) bond motifs is 4. The second-order valence-corrected chi connectivity index (χ2v) is 9.25. The first-order chi connectivity index (χ1) is 15.4. The number of carbonyl (C=O) groups is 1. The van der Waals surface area contributed by atoms with Gasteiger partial charge in [-0.1, -0.05) is 12.1 Å². The first-order valence-corrected chi connectivity index (χ1v) is 11.6. The summed E-state index contributed by atoms with van der Waals surface area (Å²) >= 11 is 0. The van der Waals surface area contributed by atoms with Crippen molar-refractivity contribution < 1.29 is 4.79 Å². The van der Waals surface area contributed by atoms with Gasteiger partial charge in [-0.05, 0) is 93.6 Å². The Morgan fingerprint density at radius 2 is 1.75 bits per heavy atom. The van der Waals surface area contributed by atoms with Gasteiger partial charge in [-0.3, -0.25) is 0 Å². The summed E-state index contributed by atoms with van der Waals surface area (Å²) in [5.74, 6) is 0. The zero-order chi connectivity index (χ0) is 22.5. The quantitative estimate of drug-likeness (QED) is 0.563. The number of urea groups is 1. The van der Waals surface area contributed by atoms with Crippen LogP contribution in [0.4, 0.5) is 16.2 Å². The van der Waals surface area contributed by atoms with E-state index in [2.05, 4.69) is 85.1 Å². The van der Waals surface area contributed by atoms with Gasteiger partial charge in [-0.25, -0.2) is 4.79 Å². The summed E-state index contributed by atoms with van der Waals surface area (Å²) in [6.07, 6.45) is 4.01. The molecule has 1 N–H and O–H groups in total. The molecule has 0 aliphatic carbocycles. The van der Waals surface area contributed by atoms with Crippen LogP contribution in [0.25, 0.3) is 5.69 Å². The fourth-order valence-corrected chi connectivity index (χ4v) is 5.49. The fourth-order valence-electron chi connectivity index (χ4n) is 5.49. The smallest absolute Gasteiger partial charge is 0.321 e. The third-order valence-corrected chi connectivity index (χ3v) is 7.38. The van der Waals surface area contributed by atoms with E-state index in [4.69, 9.17) is 0 Å². The number of hydrogen-bond donors (Lipinski definition) is 1. The molecule has 1 spiro atoms. The highest BCUT2D eigenvalue weighted by atomic mass is 16.2. The Hall–Kier alpha value is -3.21. The van der Waals surface area contributed by atoms with Crippen LogP contribution in [0.1, 0.15) is 42.1 Å². The van der Waals surface area contributed by atoms with Gasteiger partial charge in [0.05, 0.1) is 16.9 Å². The summed E-state index contributed by atoms with van der Waals surface area (Å²) in [5, 5.41) is 3.10. The molecule has 166 valence electrons. The van der Waals surface area contributed by atoms with Crippen LogP contribution < -0.4 is 10.2 Å². The van der Waals surface area contributed by atoms with Crippen molar-refractivity contribution in [3.05, 3.63) is 77.1 Å². The third-order valence-electron chi connectivity index (χ3n) is 7.38. The van der Waals surface area contributed by atoms with Crippen LogP contribution in [0, 0.1) is 20.8 Å². The van der Waals surface area contributed by atoms with E-state index in [0.29, 0.717) is 0 Å². The summed E-state index contributed by atoms with van der Waals surface area (Å²) in [6.45, 7) is 11.0. The maximum Gasteiger partial charge on any atom is 0.321 e. The SMILES string of the molecule is CCN1c2cc(C)ccc2-n2cccc2C12CCN(C(=O)Nc1ccc(C)c(C)c1)CC2. The van der Waals surface area contributed by atoms with E-state index in [0.717, 1.165) is 38.2 Å². The molecule has 5 rings (SSSR count). The highest BCUT2D eigenvalue weighted by Gasteiger charge is 2.46. The van der Waals surface area contributed by atoms with E-state index >= 15 is 0 Å². The lowest BCUT2D eigenvalue weighted by Gasteiger charge is -2.53. The lowest BCUT2D eigenvalue weighted by Crippen LogP contribution is -2.57. The lowest BCUT2D eigenvalue weighted by molar-refractivity contribution is 0.161. The highest BCUT2D eigenvalue weighted by Crippen LogP contribution is 2.48. The number of carbonyl (C=O) groups excluding carboxylic acids is 1. The Labute approximate surface area is 190 Å². The molecule has 3 aromatic rings. The van der Waals surface area contributed by atoms with Crippen molar-refractivity contribution in [2.75, 3.05) is 29.9 Å². The van der Waals surface area contributed by atoms with Crippen LogP contribution in [-0.2, 0) is 5.54 Å². The van der Waals surface area contributed by atoms with Crippen molar-refractivity contribution in [2.45, 2.75) is 46.1 Å². The van der Waals surface area contributed by atoms with Crippen LogP contribution >= 0.6 is 0 Å². The number of aryl methyl sites for hydroxylation is 3. The minimum atomic E-state index is -0.0870. The molecule has 0 unspecified atom stereocenters. The van der Waals surface area contributed by atoms with Crippen LogP contribution in [0.3, 0.4) is 0 Å². The maximum absolute atomic E-state index is 13.0. The Morgan fingerprint density at radius 1 is 0.969 bits per heavy atom. The minimum absolute atomic E-state index is 0.00594. The number of likely N-dealkylation sites (tertiary alicyclic amines) is 1. The molecule has 0 radical (unpaired) electrons. The second kappa shape index (κ2) is 7.73. The van der Waals surface area contributed by atoms with E-state index in [1.807, 2.05) is 17.0 Å². The molecule has 2 amide bonds. The van der Waals surface area contributed by atoms with Gasteiger partial charge < -0.3 is 19.7 Å². The zero-order valence-corrected chi connectivity index (χ0v) is 19.5. The third kappa shape index (κ3) is 3.19. The number of benzene rings is 2. The van der Waals surface area contributed by atoms with Gasteiger partial charge in [-0.15, -0.1) is 0 Å². The zero-order valence-electron chi connectivity index (χ0n) is 19.5. The van der Waals surface area contributed by atoms with Gasteiger partial charge in [0.1, 0.15) is 0 Å². The van der Waals surface area contributed by atoms with E-state index in [1.165, 1.54) is 33.8 Å². The number of aromatic nitrogens is 1. The second-order valence-electron chi connectivity index (χ2n) is 9.25. The molecule has 32 heavy (non-hydrogen) atoms. The lowest BCUT2D eigenvalue weighted by atomic mass is 9.80. The first kappa shape index (κ1) is 20.7. The highest BCUT2D eigenvalue weighted by molar-refractivity contribution is 5.89. The number of rotatable bonds is 2. The molecule has 0 bridgehead atoms. The van der Waals surface area contributed by atoms with Crippen molar-refractivity contribution >= 4 is 17.4 Å². The Bertz CT molecular complexity index is 1170. The van der Waals surface area contributed by atoms with Crippen molar-refractivity contribution in [1.82, 2.24) is 9.47 Å². The summed E-state index contributed by atoms with van der Waals surface area (Å²) in [4.78, 5) is 17.6. The van der Waals surface area contributed by atoms with Gasteiger partial charge in [0.2, 0.25) is 0 Å². The number of hydrogen-bond acceptors (Lipinski definition) is 2. The van der Waals surface area contributed by atoms with Gasteiger partial charge in [0.15, 0.2) is 0 Å². The van der Waals surface area contributed by atoms with Crippen molar-refractivity contribution in [2.24, 2.45) is 0 Å². The molecular formula is C27H32N4O. The molecule has 1 aromatic heterocycles. The number of nitrogens with one attached hydrogen (secondary N) is 1. The molecule has 5 nitrogen and oxygen atoms in total. The van der Waals surface area contributed by atoms with Gasteiger partial charge >= 0.3 is 6.03 Å². The molecule has 2 aromatic carbocycles. The van der Waals surface area contributed by atoms with E-state index in [-0.39, 0.29) is 11.6 Å². The molecule has 5 heteroatoms. The van der Waals surface area contributed by atoms with Crippen molar-refractivity contribution in [1.29, 1.82) is 0 Å². The van der Waals surface area contributed by atoms with Crippen LogP contribution in [-0.4, -0.2) is 35.1 Å². The number of piperidine rings is 1. The van der Waals surface area contributed by atoms with Crippen LogP contribution in [0.2, 0.25) is 0 Å². The Morgan fingerprint density at radius 3 is 2.47 bits per heavy atom. The monoisotopic (exact) mass is 428 g/mol. The molecule has 1 fully saturated rings. The van der Waals surface area contributed by atoms with Gasteiger partial charge in [-0.2, -0.15) is 0 Å². The fraction of sp³-hybridized carbons (Fsp3) is 0.370. The molecule has 1 saturated heterocycles. The molecule has 2 aliphatic rings. The number of nitrogens with zero attached hydrogens (tertiary/aromatic N) is 3. The molecule has 2 aliphatic heterocycles.